The highest BCUT2D eigenvalue weighted by atomic mass is 16.3. The molecule has 21 heavy (non-hydrogen) atoms. The second kappa shape index (κ2) is 5.90. The van der Waals surface area contributed by atoms with Crippen LogP contribution < -0.4 is 5.32 Å². The average molecular weight is 288 g/mol. The molecule has 0 aliphatic carbocycles. The number of hydrogen-bond acceptors (Lipinski definition) is 2. The average Bonchev–Trinajstić information content (AvgIpc) is 2.72. The fraction of sp³-hybridized carbons (Fsp3) is 0.471. The van der Waals surface area contributed by atoms with E-state index in [1.807, 2.05) is 39.0 Å². The number of amides is 1. The molecule has 1 aromatic heterocycles. The van der Waals surface area contributed by atoms with E-state index in [1.54, 1.807) is 0 Å². The zero-order valence-corrected chi connectivity index (χ0v) is 13.2. The Morgan fingerprint density at radius 1 is 1.33 bits per heavy atom. The lowest BCUT2D eigenvalue weighted by molar-refractivity contribution is 0.0929. The summed E-state index contributed by atoms with van der Waals surface area (Å²) < 4.78 is 0. The highest BCUT2D eigenvalue weighted by Crippen LogP contribution is 2.24. The number of fused-ring (bicyclic) bond motifs is 1. The van der Waals surface area contributed by atoms with Gasteiger partial charge in [-0.05, 0) is 37.3 Å². The predicted molar refractivity (Wildman–Crippen MR) is 85.6 cm³/mol. The Bertz CT molecular complexity index is 656. The van der Waals surface area contributed by atoms with Crippen molar-refractivity contribution in [1.29, 1.82) is 0 Å². The van der Waals surface area contributed by atoms with Gasteiger partial charge in [0.1, 0.15) is 0 Å². The van der Waals surface area contributed by atoms with E-state index in [0.29, 0.717) is 18.5 Å². The molecular formula is C17H24N2O2. The van der Waals surface area contributed by atoms with Crippen molar-refractivity contribution in [2.75, 3.05) is 13.2 Å². The third-order valence-electron chi connectivity index (χ3n) is 4.10. The van der Waals surface area contributed by atoms with Crippen molar-refractivity contribution in [2.45, 2.75) is 34.1 Å². The van der Waals surface area contributed by atoms with Crippen LogP contribution in [0.2, 0.25) is 0 Å². The first-order chi connectivity index (χ1) is 9.85. The Kier molecular flexibility index (Phi) is 4.37. The lowest BCUT2D eigenvalue weighted by Gasteiger charge is -2.23. The Labute approximate surface area is 125 Å². The van der Waals surface area contributed by atoms with Gasteiger partial charge in [-0.3, -0.25) is 4.79 Å². The van der Waals surface area contributed by atoms with Gasteiger partial charge in [0, 0.05) is 24.2 Å². The number of aliphatic hydroxyl groups is 1. The number of aromatic amines is 1. The standard InChI is InChI=1S/C17H24N2O2/c1-11-12(2)19-15-13(11)6-5-7-14(15)16(21)18-10-17(3,4)8-9-20/h5-7,19-20H,8-10H2,1-4H3,(H,18,21). The first-order valence-corrected chi connectivity index (χ1v) is 7.33. The van der Waals surface area contributed by atoms with Crippen molar-refractivity contribution in [3.05, 3.63) is 35.0 Å². The molecule has 2 rings (SSSR count). The van der Waals surface area contributed by atoms with Crippen LogP contribution in [0, 0.1) is 19.3 Å². The molecule has 4 heteroatoms. The maximum atomic E-state index is 12.4. The van der Waals surface area contributed by atoms with Crippen LogP contribution in [0.3, 0.4) is 0 Å². The van der Waals surface area contributed by atoms with Crippen LogP contribution in [0.4, 0.5) is 0 Å². The summed E-state index contributed by atoms with van der Waals surface area (Å²) in [5, 5.41) is 13.1. The molecule has 0 spiro atoms. The van der Waals surface area contributed by atoms with Crippen molar-refractivity contribution >= 4 is 16.8 Å². The topological polar surface area (TPSA) is 65.1 Å². The Morgan fingerprint density at radius 2 is 2.05 bits per heavy atom. The number of H-pyrrole nitrogens is 1. The van der Waals surface area contributed by atoms with Crippen molar-refractivity contribution in [1.82, 2.24) is 10.3 Å². The van der Waals surface area contributed by atoms with Gasteiger partial charge in [0.25, 0.3) is 5.91 Å². The summed E-state index contributed by atoms with van der Waals surface area (Å²) in [6.07, 6.45) is 0.665. The van der Waals surface area contributed by atoms with E-state index in [0.717, 1.165) is 16.6 Å². The molecule has 0 radical (unpaired) electrons. The quantitative estimate of drug-likeness (QED) is 0.792. The number of rotatable bonds is 5. The van der Waals surface area contributed by atoms with E-state index in [9.17, 15) is 4.79 Å². The number of aromatic nitrogens is 1. The lowest BCUT2D eigenvalue weighted by atomic mass is 9.89. The first kappa shape index (κ1) is 15.6. The van der Waals surface area contributed by atoms with E-state index in [4.69, 9.17) is 5.11 Å². The monoisotopic (exact) mass is 288 g/mol. The summed E-state index contributed by atoms with van der Waals surface area (Å²) in [7, 11) is 0. The predicted octanol–water partition coefficient (Wildman–Crippen LogP) is 2.92. The molecule has 1 aromatic carbocycles. The summed E-state index contributed by atoms with van der Waals surface area (Å²) in [5.41, 5.74) is 3.72. The van der Waals surface area contributed by atoms with Crippen molar-refractivity contribution in [3.63, 3.8) is 0 Å². The molecule has 0 aliphatic heterocycles. The van der Waals surface area contributed by atoms with Crippen LogP contribution >= 0.6 is 0 Å². The van der Waals surface area contributed by atoms with Gasteiger partial charge in [0.05, 0.1) is 11.1 Å². The Morgan fingerprint density at radius 3 is 2.71 bits per heavy atom. The highest BCUT2D eigenvalue weighted by molar-refractivity contribution is 6.06. The largest absolute Gasteiger partial charge is 0.396 e. The fourth-order valence-electron chi connectivity index (χ4n) is 2.48. The van der Waals surface area contributed by atoms with Crippen molar-refractivity contribution < 1.29 is 9.90 Å². The summed E-state index contributed by atoms with van der Waals surface area (Å²) in [4.78, 5) is 15.7. The van der Waals surface area contributed by atoms with Crippen molar-refractivity contribution in [3.8, 4) is 0 Å². The second-order valence-corrected chi connectivity index (χ2v) is 6.42. The highest BCUT2D eigenvalue weighted by Gasteiger charge is 2.20. The minimum atomic E-state index is -0.111. The van der Waals surface area contributed by atoms with E-state index >= 15 is 0 Å². The number of nitrogens with one attached hydrogen (secondary N) is 2. The van der Waals surface area contributed by atoms with E-state index in [-0.39, 0.29) is 17.9 Å². The normalized spacial score (nSPS) is 11.9. The Hall–Kier alpha value is -1.81. The van der Waals surface area contributed by atoms with Gasteiger partial charge in [-0.25, -0.2) is 0 Å². The molecule has 0 fully saturated rings. The van der Waals surface area contributed by atoms with Crippen LogP contribution in [0.1, 0.15) is 41.9 Å². The van der Waals surface area contributed by atoms with Crippen molar-refractivity contribution in [2.24, 2.45) is 5.41 Å². The van der Waals surface area contributed by atoms with Gasteiger partial charge in [-0.1, -0.05) is 26.0 Å². The van der Waals surface area contributed by atoms with E-state index in [2.05, 4.69) is 17.2 Å². The molecule has 0 saturated carbocycles. The molecule has 0 bridgehead atoms. The lowest BCUT2D eigenvalue weighted by Crippen LogP contribution is -2.34. The maximum absolute atomic E-state index is 12.4. The molecule has 3 N–H and O–H groups in total. The molecular weight excluding hydrogens is 264 g/mol. The van der Waals surface area contributed by atoms with Crippen LogP contribution in [0.5, 0.6) is 0 Å². The maximum Gasteiger partial charge on any atom is 0.253 e. The third kappa shape index (κ3) is 3.27. The van der Waals surface area contributed by atoms with Crippen LogP contribution in [0.25, 0.3) is 10.9 Å². The zero-order valence-electron chi connectivity index (χ0n) is 13.2. The fourth-order valence-corrected chi connectivity index (χ4v) is 2.48. The van der Waals surface area contributed by atoms with Crippen LogP contribution in [-0.4, -0.2) is 29.1 Å². The number of carbonyl (C=O) groups excluding carboxylic acids is 1. The van der Waals surface area contributed by atoms with Gasteiger partial charge in [-0.2, -0.15) is 0 Å². The van der Waals surface area contributed by atoms with E-state index in [1.165, 1.54) is 5.56 Å². The molecule has 1 heterocycles. The molecule has 2 aromatic rings. The van der Waals surface area contributed by atoms with Gasteiger partial charge in [0.2, 0.25) is 0 Å². The summed E-state index contributed by atoms with van der Waals surface area (Å²) in [5.74, 6) is -0.0761. The van der Waals surface area contributed by atoms with Gasteiger partial charge in [0.15, 0.2) is 0 Å². The molecule has 0 saturated heterocycles. The van der Waals surface area contributed by atoms with Gasteiger partial charge < -0.3 is 15.4 Å². The number of para-hydroxylation sites is 1. The first-order valence-electron chi connectivity index (χ1n) is 7.33. The third-order valence-corrected chi connectivity index (χ3v) is 4.10. The minimum absolute atomic E-state index is 0.0761. The summed E-state index contributed by atoms with van der Waals surface area (Å²) in [6, 6.07) is 5.78. The van der Waals surface area contributed by atoms with E-state index < -0.39 is 0 Å². The number of aryl methyl sites for hydroxylation is 2. The number of carbonyl (C=O) groups is 1. The van der Waals surface area contributed by atoms with Gasteiger partial charge in [-0.15, -0.1) is 0 Å². The molecule has 4 nitrogen and oxygen atoms in total. The molecule has 114 valence electrons. The second-order valence-electron chi connectivity index (χ2n) is 6.42. The zero-order chi connectivity index (χ0) is 15.6. The SMILES string of the molecule is Cc1[nH]c2c(C(=O)NCC(C)(C)CCO)cccc2c1C. The van der Waals surface area contributed by atoms with Gasteiger partial charge >= 0.3 is 0 Å². The smallest absolute Gasteiger partial charge is 0.253 e. The summed E-state index contributed by atoms with van der Waals surface area (Å²) in [6.45, 7) is 8.82. The number of hydrogen-bond donors (Lipinski definition) is 3. The Balaban J connectivity index is 2.22. The molecule has 0 atom stereocenters. The van der Waals surface area contributed by atoms with Crippen LogP contribution in [0.15, 0.2) is 18.2 Å². The minimum Gasteiger partial charge on any atom is -0.396 e. The van der Waals surface area contributed by atoms with Crippen LogP contribution in [-0.2, 0) is 0 Å². The number of benzene rings is 1. The molecule has 1 amide bonds. The number of aliphatic hydroxyl groups excluding tert-OH is 1. The molecule has 0 aliphatic rings. The summed E-state index contributed by atoms with van der Waals surface area (Å²) >= 11 is 0. The molecule has 0 unspecified atom stereocenters.